The summed E-state index contributed by atoms with van der Waals surface area (Å²) < 4.78 is 0. The summed E-state index contributed by atoms with van der Waals surface area (Å²) in [4.78, 5) is 16.0. The molecule has 1 heterocycles. The van der Waals surface area contributed by atoms with Gasteiger partial charge in [-0.05, 0) is 37.0 Å². The van der Waals surface area contributed by atoms with Crippen LogP contribution in [0.3, 0.4) is 0 Å². The number of carbonyl (C=O) groups is 1. The van der Waals surface area contributed by atoms with Gasteiger partial charge in [0.2, 0.25) is 0 Å². The summed E-state index contributed by atoms with van der Waals surface area (Å²) in [5.41, 5.74) is 6.95. The van der Waals surface area contributed by atoms with Gasteiger partial charge in [-0.25, -0.2) is 0 Å². The molecule has 2 rings (SSSR count). The highest BCUT2D eigenvalue weighted by Gasteiger charge is 2.24. The van der Waals surface area contributed by atoms with E-state index < -0.39 is 0 Å². The highest BCUT2D eigenvalue weighted by atomic mass is 16.1. The van der Waals surface area contributed by atoms with E-state index in [9.17, 15) is 4.79 Å². The second-order valence-electron chi connectivity index (χ2n) is 4.62. The molecule has 1 fully saturated rings. The van der Waals surface area contributed by atoms with Crippen LogP contribution in [0, 0.1) is 5.92 Å². The van der Waals surface area contributed by atoms with Crippen LogP contribution in [-0.4, -0.2) is 16.8 Å². The molecule has 0 bridgehead atoms. The lowest BCUT2D eigenvalue weighted by atomic mass is 9.82. The van der Waals surface area contributed by atoms with Crippen molar-refractivity contribution in [2.24, 2.45) is 11.7 Å². The lowest BCUT2D eigenvalue weighted by molar-refractivity contribution is -0.123. The fraction of sp³-hybridized carbons (Fsp3) is 0.538. The molecular formula is C13H18N2O. The summed E-state index contributed by atoms with van der Waals surface area (Å²) in [5.74, 6) is 0.512. The Bertz CT molecular complexity index is 350. The standard InChI is InChI=1S/C13H18N2O/c14-12-3-1-2-11(9-12)13(16)8-10-4-6-15-7-5-10/h4-7,11-12H,1-3,8-9,14H2. The van der Waals surface area contributed by atoms with E-state index in [0.29, 0.717) is 12.2 Å². The summed E-state index contributed by atoms with van der Waals surface area (Å²) in [5, 5.41) is 0. The first kappa shape index (κ1) is 11.3. The molecule has 1 aliphatic carbocycles. The predicted molar refractivity (Wildman–Crippen MR) is 62.9 cm³/mol. The van der Waals surface area contributed by atoms with Crippen molar-refractivity contribution in [2.45, 2.75) is 38.1 Å². The Kier molecular flexibility index (Phi) is 3.67. The third-order valence-corrected chi connectivity index (χ3v) is 3.30. The van der Waals surface area contributed by atoms with Crippen molar-refractivity contribution < 1.29 is 4.79 Å². The molecule has 1 saturated carbocycles. The largest absolute Gasteiger partial charge is 0.328 e. The zero-order valence-electron chi connectivity index (χ0n) is 9.43. The first-order valence-electron chi connectivity index (χ1n) is 5.93. The Hall–Kier alpha value is -1.22. The smallest absolute Gasteiger partial charge is 0.140 e. The number of carbonyl (C=O) groups excluding carboxylic acids is 1. The molecule has 1 aliphatic rings. The maximum atomic E-state index is 12.0. The molecule has 0 aromatic carbocycles. The molecule has 3 nitrogen and oxygen atoms in total. The third kappa shape index (κ3) is 2.89. The number of nitrogens with zero attached hydrogens (tertiary/aromatic N) is 1. The average molecular weight is 218 g/mol. The summed E-state index contributed by atoms with van der Waals surface area (Å²) in [6, 6.07) is 4.03. The van der Waals surface area contributed by atoms with Crippen molar-refractivity contribution in [3.05, 3.63) is 30.1 Å². The molecule has 2 unspecified atom stereocenters. The average Bonchev–Trinajstić information content (AvgIpc) is 2.30. The molecule has 0 amide bonds. The molecule has 0 radical (unpaired) electrons. The van der Waals surface area contributed by atoms with Crippen LogP contribution in [0.5, 0.6) is 0 Å². The van der Waals surface area contributed by atoms with E-state index in [4.69, 9.17) is 5.73 Å². The van der Waals surface area contributed by atoms with Gasteiger partial charge in [0.25, 0.3) is 0 Å². The van der Waals surface area contributed by atoms with Gasteiger partial charge < -0.3 is 5.73 Å². The molecule has 1 aromatic rings. The number of pyridine rings is 1. The van der Waals surface area contributed by atoms with Crippen LogP contribution < -0.4 is 5.73 Å². The van der Waals surface area contributed by atoms with Gasteiger partial charge >= 0.3 is 0 Å². The minimum absolute atomic E-state index is 0.178. The van der Waals surface area contributed by atoms with Gasteiger partial charge in [-0.1, -0.05) is 6.42 Å². The van der Waals surface area contributed by atoms with Gasteiger partial charge in [-0.15, -0.1) is 0 Å². The summed E-state index contributed by atoms with van der Waals surface area (Å²) in [6.07, 6.45) is 8.03. The number of aromatic nitrogens is 1. The first-order chi connectivity index (χ1) is 7.75. The van der Waals surface area contributed by atoms with Crippen molar-refractivity contribution in [2.75, 3.05) is 0 Å². The quantitative estimate of drug-likeness (QED) is 0.840. The van der Waals surface area contributed by atoms with Gasteiger partial charge in [-0.2, -0.15) is 0 Å². The van der Waals surface area contributed by atoms with E-state index in [1.807, 2.05) is 12.1 Å². The minimum Gasteiger partial charge on any atom is -0.328 e. The second kappa shape index (κ2) is 5.21. The Balaban J connectivity index is 1.93. The van der Waals surface area contributed by atoms with Crippen molar-refractivity contribution in [3.63, 3.8) is 0 Å². The zero-order valence-corrected chi connectivity index (χ0v) is 9.43. The van der Waals surface area contributed by atoms with Crippen molar-refractivity contribution in [1.29, 1.82) is 0 Å². The number of rotatable bonds is 3. The van der Waals surface area contributed by atoms with Gasteiger partial charge in [0.15, 0.2) is 0 Å². The predicted octanol–water partition coefficient (Wildman–Crippen LogP) is 1.71. The van der Waals surface area contributed by atoms with Gasteiger partial charge in [0, 0.05) is 30.8 Å². The molecule has 0 saturated heterocycles. The Morgan fingerprint density at radius 2 is 2.12 bits per heavy atom. The van der Waals surface area contributed by atoms with Crippen LogP contribution in [-0.2, 0) is 11.2 Å². The van der Waals surface area contributed by atoms with Gasteiger partial charge in [0.1, 0.15) is 5.78 Å². The maximum absolute atomic E-state index is 12.0. The maximum Gasteiger partial charge on any atom is 0.140 e. The Morgan fingerprint density at radius 1 is 1.38 bits per heavy atom. The molecule has 16 heavy (non-hydrogen) atoms. The first-order valence-corrected chi connectivity index (χ1v) is 5.93. The highest BCUT2D eigenvalue weighted by molar-refractivity contribution is 5.83. The molecule has 1 aromatic heterocycles. The Morgan fingerprint density at radius 3 is 2.81 bits per heavy atom. The van der Waals surface area contributed by atoms with E-state index in [1.165, 1.54) is 0 Å². The normalized spacial score (nSPS) is 25.3. The van der Waals surface area contributed by atoms with E-state index in [1.54, 1.807) is 12.4 Å². The fourth-order valence-electron chi connectivity index (χ4n) is 2.37. The van der Waals surface area contributed by atoms with Crippen molar-refractivity contribution in [3.8, 4) is 0 Å². The lowest BCUT2D eigenvalue weighted by Crippen LogP contribution is -2.32. The SMILES string of the molecule is NC1CCCC(C(=O)Cc2ccncc2)C1. The number of hydrogen-bond acceptors (Lipinski definition) is 3. The van der Waals surface area contributed by atoms with E-state index in [2.05, 4.69) is 4.98 Å². The lowest BCUT2D eigenvalue weighted by Gasteiger charge is -2.25. The third-order valence-electron chi connectivity index (χ3n) is 3.30. The molecule has 86 valence electrons. The highest BCUT2D eigenvalue weighted by Crippen LogP contribution is 2.24. The molecule has 2 atom stereocenters. The molecule has 0 aliphatic heterocycles. The number of ketones is 1. The second-order valence-corrected chi connectivity index (χ2v) is 4.62. The van der Waals surface area contributed by atoms with E-state index in [-0.39, 0.29) is 12.0 Å². The Labute approximate surface area is 96.1 Å². The molecule has 3 heteroatoms. The number of nitrogens with two attached hydrogens (primary N) is 1. The van der Waals surface area contributed by atoms with Crippen LogP contribution in [0.4, 0.5) is 0 Å². The fourth-order valence-corrected chi connectivity index (χ4v) is 2.37. The van der Waals surface area contributed by atoms with Crippen LogP contribution in [0.2, 0.25) is 0 Å². The van der Waals surface area contributed by atoms with Gasteiger partial charge in [-0.3, -0.25) is 9.78 Å². The van der Waals surface area contributed by atoms with Crippen LogP contribution in [0.25, 0.3) is 0 Å². The van der Waals surface area contributed by atoms with Crippen molar-refractivity contribution >= 4 is 5.78 Å². The molecule has 0 spiro atoms. The topological polar surface area (TPSA) is 56.0 Å². The van der Waals surface area contributed by atoms with E-state index >= 15 is 0 Å². The van der Waals surface area contributed by atoms with Crippen LogP contribution in [0.1, 0.15) is 31.2 Å². The monoisotopic (exact) mass is 218 g/mol. The van der Waals surface area contributed by atoms with E-state index in [0.717, 1.165) is 31.2 Å². The number of hydrogen-bond donors (Lipinski definition) is 1. The minimum atomic E-state index is 0.178. The summed E-state index contributed by atoms with van der Waals surface area (Å²) in [6.45, 7) is 0. The summed E-state index contributed by atoms with van der Waals surface area (Å²) in [7, 11) is 0. The van der Waals surface area contributed by atoms with Crippen LogP contribution >= 0.6 is 0 Å². The van der Waals surface area contributed by atoms with Crippen molar-refractivity contribution in [1.82, 2.24) is 4.98 Å². The molecular weight excluding hydrogens is 200 g/mol. The molecule has 2 N–H and O–H groups in total. The number of Topliss-reactive ketones (excluding diaryl/α,β-unsaturated/α-hetero) is 1. The van der Waals surface area contributed by atoms with Crippen LogP contribution in [0.15, 0.2) is 24.5 Å². The van der Waals surface area contributed by atoms with Gasteiger partial charge in [0.05, 0.1) is 0 Å². The summed E-state index contributed by atoms with van der Waals surface area (Å²) >= 11 is 0. The zero-order chi connectivity index (χ0) is 11.4.